The molecule has 0 amide bonds. The van der Waals surface area contributed by atoms with Crippen LogP contribution in [0, 0.1) is 32.1 Å². The van der Waals surface area contributed by atoms with Crippen LogP contribution >= 0.6 is 11.3 Å². The lowest BCUT2D eigenvalue weighted by Gasteiger charge is -2.05. The Morgan fingerprint density at radius 3 is 2.68 bits per heavy atom. The lowest BCUT2D eigenvalue weighted by molar-refractivity contribution is 0.103. The Labute approximate surface area is 134 Å². The third kappa shape index (κ3) is 3.10. The van der Waals surface area contributed by atoms with Crippen molar-refractivity contribution in [2.45, 2.75) is 27.3 Å². The third-order valence-electron chi connectivity index (χ3n) is 3.54. The fraction of sp³-hybridized carbons (Fsp3) is 0.222. The Hall–Kier alpha value is -2.38. The second kappa shape index (κ2) is 6.59. The van der Waals surface area contributed by atoms with Crippen LogP contribution in [0.4, 0.5) is 0 Å². The van der Waals surface area contributed by atoms with Crippen LogP contribution in [0.5, 0.6) is 0 Å². The van der Waals surface area contributed by atoms with E-state index in [-0.39, 0.29) is 11.4 Å². The van der Waals surface area contributed by atoms with Gasteiger partial charge in [0.15, 0.2) is 0 Å². The largest absolute Gasteiger partial charge is 0.345 e. The number of rotatable bonds is 5. The summed E-state index contributed by atoms with van der Waals surface area (Å²) in [7, 11) is 0. The molecule has 0 aromatic carbocycles. The zero-order valence-electron chi connectivity index (χ0n) is 13.0. The van der Waals surface area contributed by atoms with Crippen LogP contribution < -0.4 is 0 Å². The Kier molecular flexibility index (Phi) is 4.79. The van der Waals surface area contributed by atoms with E-state index in [1.807, 2.05) is 49.6 Å². The Morgan fingerprint density at radius 1 is 1.41 bits per heavy atom. The predicted octanol–water partition coefficient (Wildman–Crippen LogP) is 4.45. The summed E-state index contributed by atoms with van der Waals surface area (Å²) in [5, 5.41) is 9.34. The summed E-state index contributed by atoms with van der Waals surface area (Å²) in [6.45, 7) is 10.2. The fourth-order valence-corrected chi connectivity index (χ4v) is 3.23. The van der Waals surface area contributed by atoms with E-state index in [1.54, 1.807) is 23.5 Å². The molecule has 22 heavy (non-hydrogen) atoms. The molecule has 2 rings (SSSR count). The van der Waals surface area contributed by atoms with E-state index < -0.39 is 0 Å². The van der Waals surface area contributed by atoms with Crippen molar-refractivity contribution in [1.29, 1.82) is 5.26 Å². The number of allylic oxidation sites excluding steroid dienone is 2. The van der Waals surface area contributed by atoms with E-state index in [2.05, 4.69) is 6.58 Å². The van der Waals surface area contributed by atoms with Crippen LogP contribution in [0.15, 0.2) is 36.4 Å². The molecule has 2 heterocycles. The lowest BCUT2D eigenvalue weighted by Crippen LogP contribution is -2.05. The van der Waals surface area contributed by atoms with E-state index in [4.69, 9.17) is 0 Å². The molecule has 0 saturated heterocycles. The third-order valence-corrected chi connectivity index (χ3v) is 4.49. The van der Waals surface area contributed by atoms with Gasteiger partial charge in [-0.3, -0.25) is 4.79 Å². The molecule has 2 aromatic heterocycles. The van der Waals surface area contributed by atoms with Crippen LogP contribution in [-0.4, -0.2) is 10.4 Å². The van der Waals surface area contributed by atoms with Crippen LogP contribution in [0.3, 0.4) is 0 Å². The van der Waals surface area contributed by atoms with Gasteiger partial charge in [-0.2, -0.15) is 5.26 Å². The summed E-state index contributed by atoms with van der Waals surface area (Å²) in [4.78, 5) is 14.7. The van der Waals surface area contributed by atoms with E-state index in [1.165, 1.54) is 0 Å². The van der Waals surface area contributed by atoms with Crippen molar-refractivity contribution in [2.24, 2.45) is 0 Å². The van der Waals surface area contributed by atoms with Crippen molar-refractivity contribution in [3.63, 3.8) is 0 Å². The number of ketones is 1. The number of aryl methyl sites for hydroxylation is 2. The number of Topliss-reactive ketones (excluding diaryl/α,β-unsaturated/α-hetero) is 1. The van der Waals surface area contributed by atoms with Gasteiger partial charge in [0, 0.05) is 33.3 Å². The molecule has 0 saturated carbocycles. The zero-order valence-corrected chi connectivity index (χ0v) is 13.8. The number of carbonyl (C=O) groups excluding carboxylic acids is 1. The first-order chi connectivity index (χ1) is 10.5. The van der Waals surface area contributed by atoms with Crippen molar-refractivity contribution >= 4 is 23.2 Å². The molecule has 0 unspecified atom stereocenters. The molecule has 0 atom stereocenters. The number of thiophene rings is 1. The Morgan fingerprint density at radius 2 is 2.14 bits per heavy atom. The van der Waals surface area contributed by atoms with Crippen molar-refractivity contribution < 1.29 is 4.79 Å². The molecule has 3 nitrogen and oxygen atoms in total. The highest BCUT2D eigenvalue weighted by molar-refractivity contribution is 7.12. The Balaban J connectivity index is 2.42. The molecule has 0 aliphatic rings. The van der Waals surface area contributed by atoms with E-state index in [0.717, 1.165) is 21.1 Å². The standard InChI is InChI=1S/C18H18N2OS/c1-5-8-20-12(2)9-17(14(20)4)18(21)15(11-19)10-16-7-6-13(3)22-16/h5-7,9-10H,1,8H2,2-4H3/b15-10+. The van der Waals surface area contributed by atoms with E-state index in [0.29, 0.717) is 12.1 Å². The summed E-state index contributed by atoms with van der Waals surface area (Å²) in [5.74, 6) is -0.225. The monoisotopic (exact) mass is 310 g/mol. The molecule has 2 aromatic rings. The van der Waals surface area contributed by atoms with Crippen LogP contribution in [0.25, 0.3) is 6.08 Å². The molecule has 0 aliphatic heterocycles. The number of hydrogen-bond acceptors (Lipinski definition) is 3. The predicted molar refractivity (Wildman–Crippen MR) is 91.1 cm³/mol. The number of carbonyl (C=O) groups is 1. The van der Waals surface area contributed by atoms with Crippen LogP contribution in [0.2, 0.25) is 0 Å². The summed E-state index contributed by atoms with van der Waals surface area (Å²) in [5.41, 5.74) is 2.61. The van der Waals surface area contributed by atoms with Gasteiger partial charge in [-0.15, -0.1) is 17.9 Å². The smallest absolute Gasteiger partial charge is 0.205 e. The van der Waals surface area contributed by atoms with Crippen molar-refractivity contribution in [3.8, 4) is 6.07 Å². The van der Waals surface area contributed by atoms with Gasteiger partial charge in [-0.05, 0) is 45.0 Å². The minimum atomic E-state index is -0.225. The van der Waals surface area contributed by atoms with E-state index >= 15 is 0 Å². The van der Waals surface area contributed by atoms with Crippen molar-refractivity contribution in [3.05, 3.63) is 63.1 Å². The molecule has 112 valence electrons. The number of hydrogen-bond donors (Lipinski definition) is 0. The van der Waals surface area contributed by atoms with Gasteiger partial charge in [-0.1, -0.05) is 6.08 Å². The second-order valence-corrected chi connectivity index (χ2v) is 6.45. The maximum absolute atomic E-state index is 12.7. The highest BCUT2D eigenvalue weighted by Crippen LogP contribution is 2.22. The first-order valence-electron chi connectivity index (χ1n) is 6.98. The maximum Gasteiger partial charge on any atom is 0.205 e. The fourth-order valence-electron chi connectivity index (χ4n) is 2.41. The highest BCUT2D eigenvalue weighted by atomic mass is 32.1. The van der Waals surface area contributed by atoms with Gasteiger partial charge in [0.2, 0.25) is 5.78 Å². The molecule has 0 spiro atoms. The lowest BCUT2D eigenvalue weighted by atomic mass is 10.0. The minimum absolute atomic E-state index is 0.167. The Bertz CT molecular complexity index is 800. The molecule has 0 radical (unpaired) electrons. The average molecular weight is 310 g/mol. The van der Waals surface area contributed by atoms with Crippen LogP contribution in [0.1, 0.15) is 31.5 Å². The summed E-state index contributed by atoms with van der Waals surface area (Å²) >= 11 is 1.57. The van der Waals surface area contributed by atoms with Crippen molar-refractivity contribution in [2.75, 3.05) is 0 Å². The van der Waals surface area contributed by atoms with Crippen LogP contribution in [-0.2, 0) is 6.54 Å². The summed E-state index contributed by atoms with van der Waals surface area (Å²) in [6.07, 6.45) is 3.46. The highest BCUT2D eigenvalue weighted by Gasteiger charge is 2.19. The number of nitrogens with zero attached hydrogens (tertiary/aromatic N) is 2. The molecular formula is C18H18N2OS. The van der Waals surface area contributed by atoms with E-state index in [9.17, 15) is 10.1 Å². The SMILES string of the molecule is C=CCn1c(C)cc(C(=O)/C(C#N)=C/c2ccc(C)s2)c1C. The van der Waals surface area contributed by atoms with Gasteiger partial charge in [-0.25, -0.2) is 0 Å². The van der Waals surface area contributed by atoms with Gasteiger partial charge in [0.25, 0.3) is 0 Å². The second-order valence-electron chi connectivity index (χ2n) is 5.13. The first-order valence-corrected chi connectivity index (χ1v) is 7.80. The quantitative estimate of drug-likeness (QED) is 0.354. The van der Waals surface area contributed by atoms with Gasteiger partial charge < -0.3 is 4.57 Å². The van der Waals surface area contributed by atoms with Crippen molar-refractivity contribution in [1.82, 2.24) is 4.57 Å². The molecule has 0 bridgehead atoms. The number of nitriles is 1. The molecular weight excluding hydrogens is 292 g/mol. The molecule has 4 heteroatoms. The summed E-state index contributed by atoms with van der Waals surface area (Å²) in [6, 6.07) is 7.77. The zero-order chi connectivity index (χ0) is 16.3. The molecule has 0 fully saturated rings. The minimum Gasteiger partial charge on any atom is -0.345 e. The van der Waals surface area contributed by atoms with Gasteiger partial charge >= 0.3 is 0 Å². The van der Waals surface area contributed by atoms with Gasteiger partial charge in [0.1, 0.15) is 11.6 Å². The number of aromatic nitrogens is 1. The molecule has 0 N–H and O–H groups in total. The average Bonchev–Trinajstić information content (AvgIpc) is 3.02. The normalized spacial score (nSPS) is 11.3. The summed E-state index contributed by atoms with van der Waals surface area (Å²) < 4.78 is 2.02. The van der Waals surface area contributed by atoms with Gasteiger partial charge in [0.05, 0.1) is 0 Å². The first kappa shape index (κ1) is 16.0. The maximum atomic E-state index is 12.7. The topological polar surface area (TPSA) is 45.8 Å². The molecule has 0 aliphatic carbocycles.